The van der Waals surface area contributed by atoms with Gasteiger partial charge < -0.3 is 5.11 Å². The van der Waals surface area contributed by atoms with E-state index in [1.54, 1.807) is 0 Å². The lowest BCUT2D eigenvalue weighted by molar-refractivity contribution is -0.137. The Labute approximate surface area is 127 Å². The number of rotatable bonds is 5. The van der Waals surface area contributed by atoms with Crippen molar-refractivity contribution in [3.05, 3.63) is 29.0 Å². The van der Waals surface area contributed by atoms with E-state index in [9.17, 15) is 17.6 Å². The minimum absolute atomic E-state index is 0.0287. The van der Waals surface area contributed by atoms with Gasteiger partial charge in [0, 0.05) is 19.5 Å². The van der Waals surface area contributed by atoms with E-state index in [4.69, 9.17) is 16.7 Å². The van der Waals surface area contributed by atoms with E-state index in [2.05, 4.69) is 0 Å². The van der Waals surface area contributed by atoms with Crippen LogP contribution in [0.15, 0.2) is 23.1 Å². The molecule has 5 nitrogen and oxygen atoms in total. The molecule has 0 radical (unpaired) electrons. The van der Waals surface area contributed by atoms with Gasteiger partial charge in [0.2, 0.25) is 10.0 Å². The molecule has 1 atom stereocenters. The zero-order valence-electron chi connectivity index (χ0n) is 11.1. The third-order valence-corrected chi connectivity index (χ3v) is 5.69. The van der Waals surface area contributed by atoms with Crippen molar-refractivity contribution in [3.63, 3.8) is 0 Å². The van der Waals surface area contributed by atoms with Crippen LogP contribution in [-0.2, 0) is 14.8 Å². The van der Waals surface area contributed by atoms with E-state index in [-0.39, 0.29) is 28.8 Å². The monoisotopic (exact) mass is 335 g/mol. The van der Waals surface area contributed by atoms with Crippen LogP contribution in [0.25, 0.3) is 0 Å². The van der Waals surface area contributed by atoms with E-state index in [1.807, 2.05) is 0 Å². The molecule has 1 heterocycles. The zero-order chi connectivity index (χ0) is 15.6. The number of hydrogen-bond donors (Lipinski definition) is 1. The van der Waals surface area contributed by atoms with Crippen molar-refractivity contribution in [3.8, 4) is 0 Å². The number of carbonyl (C=O) groups is 1. The molecule has 8 heteroatoms. The van der Waals surface area contributed by atoms with Crippen molar-refractivity contribution in [1.82, 2.24) is 4.31 Å². The average molecular weight is 336 g/mol. The SMILES string of the molecule is O=C(O)CCC1CCN(S(=O)(=O)c2ccc(F)c(Cl)c2)C1. The van der Waals surface area contributed by atoms with Gasteiger partial charge in [-0.3, -0.25) is 4.79 Å². The summed E-state index contributed by atoms with van der Waals surface area (Å²) >= 11 is 5.62. The molecule has 1 aliphatic heterocycles. The molecule has 2 rings (SSSR count). The lowest BCUT2D eigenvalue weighted by Gasteiger charge is -2.16. The molecular formula is C13H15ClFNO4S. The smallest absolute Gasteiger partial charge is 0.303 e. The normalized spacial score (nSPS) is 19.8. The van der Waals surface area contributed by atoms with Gasteiger partial charge in [-0.25, -0.2) is 12.8 Å². The number of nitrogens with zero attached hydrogens (tertiary/aromatic N) is 1. The topological polar surface area (TPSA) is 74.7 Å². The Hall–Kier alpha value is -1.18. The predicted molar refractivity (Wildman–Crippen MR) is 75.1 cm³/mol. The minimum Gasteiger partial charge on any atom is -0.481 e. The van der Waals surface area contributed by atoms with E-state index in [1.165, 1.54) is 10.4 Å². The second kappa shape index (κ2) is 6.29. The maximum Gasteiger partial charge on any atom is 0.303 e. The Bertz CT molecular complexity index is 650. The van der Waals surface area contributed by atoms with Gasteiger partial charge >= 0.3 is 5.97 Å². The number of carboxylic acids is 1. The van der Waals surface area contributed by atoms with Crippen molar-refractivity contribution < 1.29 is 22.7 Å². The Kier molecular flexibility index (Phi) is 4.85. The number of benzene rings is 1. The Balaban J connectivity index is 2.10. The molecule has 21 heavy (non-hydrogen) atoms. The summed E-state index contributed by atoms with van der Waals surface area (Å²) in [6, 6.07) is 3.30. The van der Waals surface area contributed by atoms with Gasteiger partial charge in [-0.15, -0.1) is 0 Å². The largest absolute Gasteiger partial charge is 0.481 e. The van der Waals surface area contributed by atoms with Gasteiger partial charge in [-0.05, 0) is 37.0 Å². The minimum atomic E-state index is -3.71. The van der Waals surface area contributed by atoms with Crippen molar-refractivity contribution in [1.29, 1.82) is 0 Å². The summed E-state index contributed by atoms with van der Waals surface area (Å²) in [6.07, 6.45) is 1.11. The molecular weight excluding hydrogens is 321 g/mol. The Morgan fingerprint density at radius 1 is 1.48 bits per heavy atom. The first kappa shape index (κ1) is 16.2. The third-order valence-electron chi connectivity index (χ3n) is 3.54. The predicted octanol–water partition coefficient (Wildman–Crippen LogP) is 2.35. The molecule has 1 aromatic carbocycles. The molecule has 0 spiro atoms. The molecule has 1 unspecified atom stereocenters. The lowest BCUT2D eigenvalue weighted by atomic mass is 10.0. The zero-order valence-corrected chi connectivity index (χ0v) is 12.7. The van der Waals surface area contributed by atoms with Crippen molar-refractivity contribution in [2.24, 2.45) is 5.92 Å². The molecule has 0 amide bonds. The summed E-state index contributed by atoms with van der Waals surface area (Å²) < 4.78 is 39.2. The van der Waals surface area contributed by atoms with Crippen LogP contribution in [0.1, 0.15) is 19.3 Å². The summed E-state index contributed by atoms with van der Waals surface area (Å²) in [5, 5.41) is 8.41. The van der Waals surface area contributed by atoms with Gasteiger partial charge in [0.25, 0.3) is 0 Å². The summed E-state index contributed by atoms with van der Waals surface area (Å²) in [7, 11) is -3.71. The van der Waals surface area contributed by atoms with Gasteiger partial charge in [0.15, 0.2) is 0 Å². The van der Waals surface area contributed by atoms with Crippen LogP contribution >= 0.6 is 11.6 Å². The quantitative estimate of drug-likeness (QED) is 0.896. The molecule has 0 saturated carbocycles. The van der Waals surface area contributed by atoms with Crippen LogP contribution in [0, 0.1) is 11.7 Å². The number of carboxylic acid groups (broad SMARTS) is 1. The summed E-state index contributed by atoms with van der Waals surface area (Å²) in [5.41, 5.74) is 0. The Morgan fingerprint density at radius 3 is 2.81 bits per heavy atom. The van der Waals surface area contributed by atoms with Gasteiger partial charge in [-0.2, -0.15) is 4.31 Å². The first-order valence-corrected chi connectivity index (χ1v) is 8.29. The molecule has 116 valence electrons. The molecule has 0 bridgehead atoms. The highest BCUT2D eigenvalue weighted by Crippen LogP contribution is 2.28. The summed E-state index contributed by atoms with van der Waals surface area (Å²) in [5.74, 6) is -1.52. The second-order valence-electron chi connectivity index (χ2n) is 5.03. The van der Waals surface area contributed by atoms with Crippen LogP contribution in [0.2, 0.25) is 5.02 Å². The highest BCUT2D eigenvalue weighted by Gasteiger charge is 2.32. The standard InChI is InChI=1S/C13H15ClFNO4S/c14-11-7-10(2-3-12(11)15)21(19,20)16-6-5-9(8-16)1-4-13(17)18/h2-3,7,9H,1,4-6,8H2,(H,17,18). The number of sulfonamides is 1. The molecule has 1 N–H and O–H groups in total. The van der Waals surface area contributed by atoms with Gasteiger partial charge in [0.05, 0.1) is 9.92 Å². The number of aliphatic carboxylic acids is 1. The van der Waals surface area contributed by atoms with Crippen LogP contribution in [0.5, 0.6) is 0 Å². The number of hydrogen-bond acceptors (Lipinski definition) is 3. The number of halogens is 2. The van der Waals surface area contributed by atoms with Crippen molar-refractivity contribution in [2.45, 2.75) is 24.2 Å². The Morgan fingerprint density at radius 2 is 2.19 bits per heavy atom. The van der Waals surface area contributed by atoms with Crippen LogP contribution in [-0.4, -0.2) is 36.9 Å². The highest BCUT2D eigenvalue weighted by atomic mass is 35.5. The van der Waals surface area contributed by atoms with E-state index >= 15 is 0 Å². The molecule has 1 aliphatic rings. The highest BCUT2D eigenvalue weighted by molar-refractivity contribution is 7.89. The van der Waals surface area contributed by atoms with Gasteiger partial charge in [0.1, 0.15) is 5.82 Å². The molecule has 0 aliphatic carbocycles. The molecule has 1 aromatic rings. The second-order valence-corrected chi connectivity index (χ2v) is 7.37. The lowest BCUT2D eigenvalue weighted by Crippen LogP contribution is -2.29. The van der Waals surface area contributed by atoms with Crippen LogP contribution in [0.4, 0.5) is 4.39 Å². The maximum absolute atomic E-state index is 13.1. The fourth-order valence-corrected chi connectivity index (χ4v) is 4.17. The molecule has 0 aromatic heterocycles. The first-order valence-electron chi connectivity index (χ1n) is 6.47. The van der Waals surface area contributed by atoms with Crippen molar-refractivity contribution >= 4 is 27.6 Å². The summed E-state index contributed by atoms with van der Waals surface area (Å²) in [6.45, 7) is 0.617. The van der Waals surface area contributed by atoms with Crippen LogP contribution < -0.4 is 0 Å². The molecule has 1 fully saturated rings. The fourth-order valence-electron chi connectivity index (χ4n) is 2.37. The van der Waals surface area contributed by atoms with E-state index in [0.717, 1.165) is 12.1 Å². The van der Waals surface area contributed by atoms with Crippen molar-refractivity contribution in [2.75, 3.05) is 13.1 Å². The fraction of sp³-hybridized carbons (Fsp3) is 0.462. The molecule has 1 saturated heterocycles. The van der Waals surface area contributed by atoms with E-state index in [0.29, 0.717) is 19.4 Å². The third kappa shape index (κ3) is 3.72. The van der Waals surface area contributed by atoms with Crippen LogP contribution in [0.3, 0.4) is 0 Å². The summed E-state index contributed by atoms with van der Waals surface area (Å²) in [4.78, 5) is 10.5. The maximum atomic E-state index is 13.1. The first-order chi connectivity index (χ1) is 9.80. The average Bonchev–Trinajstić information content (AvgIpc) is 2.89. The van der Waals surface area contributed by atoms with Gasteiger partial charge in [-0.1, -0.05) is 11.6 Å². The van der Waals surface area contributed by atoms with E-state index < -0.39 is 21.8 Å².